The quantitative estimate of drug-likeness (QED) is 0.121. The van der Waals surface area contributed by atoms with Gasteiger partial charge in [-0.15, -0.1) is 0 Å². The lowest BCUT2D eigenvalue weighted by Crippen LogP contribution is -2.22. The Morgan fingerprint density at radius 2 is 1.71 bits per heavy atom. The van der Waals surface area contributed by atoms with E-state index in [4.69, 9.17) is 55.0 Å². The third kappa shape index (κ3) is 7.92. The molecule has 0 aliphatic rings. The highest BCUT2D eigenvalue weighted by molar-refractivity contribution is 6.37. The van der Waals surface area contributed by atoms with Gasteiger partial charge in [0.2, 0.25) is 0 Å². The fraction of sp³-hybridized carbons (Fsp3) is 0.128. The number of aromatic nitrogens is 3. The van der Waals surface area contributed by atoms with E-state index in [9.17, 15) is 9.59 Å². The Kier molecular flexibility index (Phi) is 11.0. The first kappa shape index (κ1) is 35.6. The number of benzene rings is 3. The molecule has 0 radical (unpaired) electrons. The minimum atomic E-state index is -1.07. The number of fused-ring (bicyclic) bond motifs is 1. The summed E-state index contributed by atoms with van der Waals surface area (Å²) >= 11 is 20.3. The van der Waals surface area contributed by atoms with Crippen LogP contribution in [0.5, 0.6) is 11.5 Å². The molecule has 3 heterocycles. The summed E-state index contributed by atoms with van der Waals surface area (Å²) in [6, 6.07) is 25.6. The predicted molar refractivity (Wildman–Crippen MR) is 201 cm³/mol. The van der Waals surface area contributed by atoms with Gasteiger partial charge in [0.15, 0.2) is 5.78 Å². The molecule has 51 heavy (non-hydrogen) atoms. The Labute approximate surface area is 309 Å². The smallest absolute Gasteiger partial charge is 0.251 e. The van der Waals surface area contributed by atoms with Crippen molar-refractivity contribution in [2.75, 3.05) is 7.05 Å². The van der Waals surface area contributed by atoms with Gasteiger partial charge >= 0.3 is 0 Å². The van der Waals surface area contributed by atoms with Crippen molar-refractivity contribution in [1.29, 1.82) is 0 Å². The van der Waals surface area contributed by atoms with E-state index in [0.29, 0.717) is 56.3 Å². The molecule has 6 aromatic rings. The second kappa shape index (κ2) is 15.8. The van der Waals surface area contributed by atoms with E-state index >= 15 is 0 Å². The average molecular weight is 741 g/mol. The Morgan fingerprint density at radius 1 is 0.922 bits per heavy atom. The molecule has 3 aromatic carbocycles. The summed E-state index contributed by atoms with van der Waals surface area (Å²) in [5.74, 6) is 0.603. The first-order valence-corrected chi connectivity index (χ1v) is 17.0. The van der Waals surface area contributed by atoms with E-state index in [0.717, 1.165) is 22.3 Å². The third-order valence-electron chi connectivity index (χ3n) is 8.10. The molecule has 3 N–H and O–H groups in total. The van der Waals surface area contributed by atoms with Crippen LogP contribution in [0.2, 0.25) is 15.2 Å². The number of carbonyl (C=O) groups is 2. The number of carbonyl (C=O) groups excluding carboxylic acids is 2. The molecule has 0 bridgehead atoms. The summed E-state index contributed by atoms with van der Waals surface area (Å²) < 4.78 is 14.1. The molecule has 0 fully saturated rings. The molecular formula is C39H32Cl3N5O4. The first-order chi connectivity index (χ1) is 24.6. The summed E-state index contributed by atoms with van der Waals surface area (Å²) in [5, 5.41) is 4.30. The van der Waals surface area contributed by atoms with Gasteiger partial charge in [-0.25, -0.2) is 4.98 Å². The molecule has 1 atom stereocenters. The minimum Gasteiger partial charge on any atom is -0.487 e. The number of nitrogens with one attached hydrogen (secondary N) is 1. The first-order valence-electron chi connectivity index (χ1n) is 15.8. The van der Waals surface area contributed by atoms with Crippen molar-refractivity contribution in [3.63, 3.8) is 0 Å². The number of nitrogens with two attached hydrogens (primary N) is 1. The lowest BCUT2D eigenvalue weighted by molar-refractivity contribution is -0.115. The van der Waals surface area contributed by atoms with Crippen LogP contribution < -0.4 is 20.5 Å². The van der Waals surface area contributed by atoms with Crippen molar-refractivity contribution in [3.8, 4) is 17.2 Å². The zero-order chi connectivity index (χ0) is 36.1. The van der Waals surface area contributed by atoms with Crippen LogP contribution in [0.15, 0.2) is 103 Å². The number of hydrogen-bond acceptors (Lipinski definition) is 7. The van der Waals surface area contributed by atoms with Gasteiger partial charge in [0.25, 0.3) is 5.91 Å². The van der Waals surface area contributed by atoms with Crippen molar-refractivity contribution in [1.82, 2.24) is 19.9 Å². The number of nitrogens with zero attached hydrogens (tertiary/aromatic N) is 3. The zero-order valence-electron chi connectivity index (χ0n) is 27.6. The normalized spacial score (nSPS) is 11.9. The fourth-order valence-electron chi connectivity index (χ4n) is 5.47. The molecule has 9 nitrogen and oxygen atoms in total. The van der Waals surface area contributed by atoms with Gasteiger partial charge in [-0.2, -0.15) is 0 Å². The van der Waals surface area contributed by atoms with Crippen molar-refractivity contribution < 1.29 is 19.1 Å². The third-order valence-corrected chi connectivity index (χ3v) is 9.17. The number of halogens is 3. The Morgan fingerprint density at radius 3 is 2.45 bits per heavy atom. The molecule has 0 aliphatic carbocycles. The Hall–Kier alpha value is -5.19. The van der Waals surface area contributed by atoms with E-state index in [2.05, 4.69) is 10.3 Å². The second-order valence-corrected chi connectivity index (χ2v) is 12.7. The number of aryl methyl sites for hydroxylation is 1. The van der Waals surface area contributed by atoms with Gasteiger partial charge in [0.1, 0.15) is 41.4 Å². The van der Waals surface area contributed by atoms with Crippen molar-refractivity contribution in [2.24, 2.45) is 5.73 Å². The summed E-state index contributed by atoms with van der Waals surface area (Å²) in [6.45, 7) is 2.19. The predicted octanol–water partition coefficient (Wildman–Crippen LogP) is 8.49. The van der Waals surface area contributed by atoms with Crippen LogP contribution in [0.3, 0.4) is 0 Å². The molecule has 12 heteroatoms. The molecule has 0 aliphatic heterocycles. The molecular weight excluding hydrogens is 709 g/mol. The Bertz CT molecular complexity index is 2260. The molecule has 6 rings (SSSR count). The molecule has 258 valence electrons. The molecule has 0 saturated carbocycles. The highest BCUT2D eigenvalue weighted by atomic mass is 35.5. The van der Waals surface area contributed by atoms with Gasteiger partial charge in [-0.1, -0.05) is 65.1 Å². The van der Waals surface area contributed by atoms with Crippen molar-refractivity contribution in [3.05, 3.63) is 152 Å². The summed E-state index contributed by atoms with van der Waals surface area (Å²) in [7, 11) is 1.56. The maximum atomic E-state index is 13.2. The summed E-state index contributed by atoms with van der Waals surface area (Å²) in [4.78, 5) is 34.2. The van der Waals surface area contributed by atoms with Crippen LogP contribution in [0, 0.1) is 6.92 Å². The highest BCUT2D eigenvalue weighted by Crippen LogP contribution is 2.37. The molecule has 1 unspecified atom stereocenters. The molecule has 0 spiro atoms. The zero-order valence-corrected chi connectivity index (χ0v) is 29.8. The maximum absolute atomic E-state index is 13.2. The minimum absolute atomic E-state index is 0.00498. The number of amides is 1. The number of hydrogen-bond donors (Lipinski definition) is 2. The van der Waals surface area contributed by atoms with Crippen molar-refractivity contribution >= 4 is 63.5 Å². The van der Waals surface area contributed by atoms with Gasteiger partial charge < -0.3 is 25.1 Å². The monoisotopic (exact) mass is 739 g/mol. The van der Waals surface area contributed by atoms with E-state index in [-0.39, 0.29) is 23.3 Å². The summed E-state index contributed by atoms with van der Waals surface area (Å²) in [6.07, 6.45) is 4.75. The molecule has 3 aromatic heterocycles. The maximum Gasteiger partial charge on any atom is 0.251 e. The van der Waals surface area contributed by atoms with Crippen LogP contribution >= 0.6 is 34.8 Å². The van der Waals surface area contributed by atoms with Crippen LogP contribution in [-0.2, 0) is 18.0 Å². The van der Waals surface area contributed by atoms with Crippen LogP contribution in [0.25, 0.3) is 22.7 Å². The van der Waals surface area contributed by atoms with E-state index < -0.39 is 6.04 Å². The number of pyridine rings is 2. The molecule has 1 amide bonds. The van der Waals surface area contributed by atoms with Gasteiger partial charge in [0.05, 0.1) is 16.4 Å². The molecule has 0 saturated heterocycles. The van der Waals surface area contributed by atoms with Crippen molar-refractivity contribution in [2.45, 2.75) is 26.2 Å². The van der Waals surface area contributed by atoms with E-state index in [1.54, 1.807) is 72.4 Å². The lowest BCUT2D eigenvalue weighted by Gasteiger charge is -2.19. The standard InChI is InChI=1S/C39H32Cl3N5O4/c1-23-20-34(50-21-26-6-3-4-19-45-26)27-7-5-8-33(38(27)46-23)51-22-28-29(40)14-15-30(36(28)42)47-31(16-18-35(47)41)37(43)32(48)17-11-24-9-12-25(13-10-24)39(49)44-2/h3-20,37H,21-22,43H2,1-2H3,(H,44,49)/b17-11+. The second-order valence-electron chi connectivity index (χ2n) is 11.5. The fourth-order valence-corrected chi connectivity index (χ4v) is 6.28. The topological polar surface area (TPSA) is 121 Å². The van der Waals surface area contributed by atoms with Gasteiger partial charge in [0, 0.05) is 52.2 Å². The number of para-hydroxylation sites is 1. The number of rotatable bonds is 12. The van der Waals surface area contributed by atoms with E-state index in [1.807, 2.05) is 49.4 Å². The van der Waals surface area contributed by atoms with Gasteiger partial charge in [-0.05, 0) is 79.2 Å². The highest BCUT2D eigenvalue weighted by Gasteiger charge is 2.23. The van der Waals surface area contributed by atoms with Crippen LogP contribution in [0.4, 0.5) is 0 Å². The average Bonchev–Trinajstić information content (AvgIpc) is 3.53. The van der Waals surface area contributed by atoms with Crippen LogP contribution in [0.1, 0.15) is 44.6 Å². The summed E-state index contributed by atoms with van der Waals surface area (Å²) in [5.41, 5.74) is 11.3. The van der Waals surface area contributed by atoms with E-state index in [1.165, 1.54) is 6.08 Å². The number of ether oxygens (including phenoxy) is 2. The van der Waals surface area contributed by atoms with Gasteiger partial charge in [-0.3, -0.25) is 14.6 Å². The Balaban J connectivity index is 1.23. The lowest BCUT2D eigenvalue weighted by atomic mass is 10.1. The number of ketones is 1. The SMILES string of the molecule is CNC(=O)c1ccc(/C=C/C(=O)C(N)c2ccc(Cl)n2-c2ccc(Cl)c(COc3cccc4c(OCc5ccccn5)cc(C)nc34)c2Cl)cc1. The largest absolute Gasteiger partial charge is 0.487 e. The van der Waals surface area contributed by atoms with Crippen LogP contribution in [-0.4, -0.2) is 33.3 Å².